The molecule has 1 saturated heterocycles. The smallest absolute Gasteiger partial charge is 0.185 e. The molecule has 1 nitrogen and oxygen atoms in total. The van der Waals surface area contributed by atoms with Gasteiger partial charge in [-0.3, -0.25) is 0 Å². The van der Waals surface area contributed by atoms with Crippen LogP contribution in [0, 0.1) is 0 Å². The predicted octanol–water partition coefficient (Wildman–Crippen LogP) is 6.99. The van der Waals surface area contributed by atoms with E-state index in [1.807, 2.05) is 0 Å². The highest BCUT2D eigenvalue weighted by Crippen LogP contribution is 2.44. The van der Waals surface area contributed by atoms with Crippen LogP contribution >= 0.6 is 0 Å². The minimum atomic E-state index is -0.728. The van der Waals surface area contributed by atoms with Gasteiger partial charge in [0.25, 0.3) is 0 Å². The van der Waals surface area contributed by atoms with Crippen LogP contribution in [0.15, 0.2) is 78.9 Å². The van der Waals surface area contributed by atoms with Crippen LogP contribution in [0.3, 0.4) is 0 Å². The molecule has 0 amide bonds. The van der Waals surface area contributed by atoms with Crippen molar-refractivity contribution >= 4 is 68.5 Å². The van der Waals surface area contributed by atoms with E-state index in [-0.39, 0.29) is 13.9 Å². The fourth-order valence-electron chi connectivity index (χ4n) is 5.52. The van der Waals surface area contributed by atoms with Crippen molar-refractivity contribution in [2.75, 3.05) is 0 Å². The third-order valence-corrected chi connectivity index (χ3v) is 19.5. The summed E-state index contributed by atoms with van der Waals surface area (Å²) in [4.78, 5) is 0. The monoisotopic (exact) mass is 448 g/mol. The van der Waals surface area contributed by atoms with Gasteiger partial charge in [0.2, 0.25) is 0 Å². The maximum Gasteiger partial charge on any atom is 0.185 e. The van der Waals surface area contributed by atoms with Crippen LogP contribution < -0.4 is 0 Å². The van der Waals surface area contributed by atoms with E-state index in [1.165, 1.54) is 54.7 Å². The Hall–Kier alpha value is -2.25. The fourth-order valence-corrected chi connectivity index (χ4v) is 19.1. The standard InChI is InChI=1S/C27H24OSi3/c1-27(17-30(2)29-31(3)28-27)26-22-11-7-6-10-20(22)16-25-23(26)13-12-21-14-18-8-4-5-9-19(18)15-24(21)25/h4-16H,17H2,1-3H3. The lowest BCUT2D eigenvalue weighted by Crippen LogP contribution is -2.49. The minimum absolute atomic E-state index is 0.193. The second kappa shape index (κ2) is 7.14. The molecule has 0 bridgehead atoms. The molecule has 4 heteroatoms. The molecule has 5 aromatic rings. The summed E-state index contributed by atoms with van der Waals surface area (Å²) < 4.78 is 6.87. The molecule has 150 valence electrons. The Morgan fingerprint density at radius 2 is 1.35 bits per heavy atom. The third kappa shape index (κ3) is 3.12. The molecule has 1 atom stereocenters. The molecule has 6 rings (SSSR count). The SMILES string of the molecule is C[Si]1CC(C)(c2c3ccccc3cc3c2ccc2cc4ccccc4cc23)O[Si](C)[Si]1. The Labute approximate surface area is 188 Å². The van der Waals surface area contributed by atoms with Crippen LogP contribution in [0.1, 0.15) is 12.5 Å². The van der Waals surface area contributed by atoms with E-state index in [0.717, 1.165) is 8.55 Å². The quantitative estimate of drug-likeness (QED) is 0.153. The maximum absolute atomic E-state index is 6.87. The van der Waals surface area contributed by atoms with Gasteiger partial charge in [0, 0.05) is 8.31 Å². The number of fused-ring (bicyclic) bond motifs is 5. The van der Waals surface area contributed by atoms with E-state index < -0.39 is 8.56 Å². The van der Waals surface area contributed by atoms with Crippen molar-refractivity contribution in [3.8, 4) is 0 Å². The topological polar surface area (TPSA) is 9.23 Å². The minimum Gasteiger partial charge on any atom is -0.412 e. The van der Waals surface area contributed by atoms with Crippen molar-refractivity contribution < 1.29 is 4.43 Å². The lowest BCUT2D eigenvalue weighted by atomic mass is 9.85. The summed E-state index contributed by atoms with van der Waals surface area (Å²) in [6.07, 6.45) is 0. The second-order valence-corrected chi connectivity index (χ2v) is 20.2. The Kier molecular flexibility index (Phi) is 4.47. The van der Waals surface area contributed by atoms with Gasteiger partial charge in [-0.1, -0.05) is 67.2 Å². The van der Waals surface area contributed by atoms with Crippen molar-refractivity contribution in [2.24, 2.45) is 0 Å². The van der Waals surface area contributed by atoms with Gasteiger partial charge in [0.05, 0.1) is 14.2 Å². The lowest BCUT2D eigenvalue weighted by Gasteiger charge is -2.41. The molecule has 5 aromatic carbocycles. The van der Waals surface area contributed by atoms with Crippen molar-refractivity contribution in [3.05, 3.63) is 84.4 Å². The summed E-state index contributed by atoms with van der Waals surface area (Å²) in [5.41, 5.74) is 1.22. The van der Waals surface area contributed by atoms with Gasteiger partial charge < -0.3 is 4.43 Å². The first kappa shape index (κ1) is 19.4. The van der Waals surface area contributed by atoms with Gasteiger partial charge in [-0.2, -0.15) is 0 Å². The van der Waals surface area contributed by atoms with Crippen LogP contribution in [0.25, 0.3) is 43.1 Å². The largest absolute Gasteiger partial charge is 0.412 e. The van der Waals surface area contributed by atoms with Crippen LogP contribution in [0.2, 0.25) is 19.1 Å². The van der Waals surface area contributed by atoms with Gasteiger partial charge in [-0.05, 0) is 86.4 Å². The molecule has 0 saturated carbocycles. The molecular weight excluding hydrogens is 425 g/mol. The Balaban J connectivity index is 1.75. The summed E-state index contributed by atoms with van der Waals surface area (Å²) in [5.74, 6) is 0. The summed E-state index contributed by atoms with van der Waals surface area (Å²) in [5, 5.41) is 10.6. The number of hydrogen-bond donors (Lipinski definition) is 0. The highest BCUT2D eigenvalue weighted by Gasteiger charge is 2.40. The second-order valence-electron chi connectivity index (χ2n) is 9.03. The fraction of sp³-hybridized carbons (Fsp3) is 0.185. The number of benzene rings is 5. The molecule has 1 aliphatic heterocycles. The Morgan fingerprint density at radius 1 is 0.710 bits per heavy atom. The normalized spacial score (nSPS) is 20.9. The summed E-state index contributed by atoms with van der Waals surface area (Å²) in [6.45, 7) is 7.24. The summed E-state index contributed by atoms with van der Waals surface area (Å²) in [7, 11) is -0.0115. The van der Waals surface area contributed by atoms with Gasteiger partial charge >= 0.3 is 0 Å². The first-order chi connectivity index (χ1) is 15.0. The first-order valence-corrected chi connectivity index (χ1v) is 18.0. The Bertz CT molecular complexity index is 1470. The van der Waals surface area contributed by atoms with E-state index in [0.29, 0.717) is 0 Å². The van der Waals surface area contributed by atoms with Gasteiger partial charge in [-0.25, -0.2) is 0 Å². The zero-order chi connectivity index (χ0) is 21.2. The van der Waals surface area contributed by atoms with E-state index >= 15 is 0 Å². The van der Waals surface area contributed by atoms with Crippen molar-refractivity contribution in [1.82, 2.24) is 0 Å². The zero-order valence-electron chi connectivity index (χ0n) is 18.1. The lowest BCUT2D eigenvalue weighted by molar-refractivity contribution is 0.114. The molecule has 1 unspecified atom stereocenters. The highest BCUT2D eigenvalue weighted by molar-refractivity contribution is 7.39. The summed E-state index contributed by atoms with van der Waals surface area (Å²) in [6, 6.07) is 30.5. The van der Waals surface area contributed by atoms with Gasteiger partial charge in [-0.15, -0.1) is 0 Å². The molecule has 1 heterocycles. The zero-order valence-corrected chi connectivity index (χ0v) is 21.1. The van der Waals surface area contributed by atoms with E-state index in [4.69, 9.17) is 4.43 Å². The van der Waals surface area contributed by atoms with Crippen LogP contribution in [0.4, 0.5) is 0 Å². The van der Waals surface area contributed by atoms with Crippen LogP contribution in [-0.4, -0.2) is 25.4 Å². The molecule has 0 aromatic heterocycles. The average Bonchev–Trinajstić information content (AvgIpc) is 2.75. The molecule has 0 aliphatic carbocycles. The number of hydrogen-bond acceptors (Lipinski definition) is 1. The van der Waals surface area contributed by atoms with Gasteiger partial charge in [0.1, 0.15) is 0 Å². The van der Waals surface area contributed by atoms with Gasteiger partial charge in [0.15, 0.2) is 8.56 Å². The molecule has 0 spiro atoms. The van der Waals surface area contributed by atoms with Crippen LogP contribution in [-0.2, 0) is 10.0 Å². The average molecular weight is 449 g/mol. The van der Waals surface area contributed by atoms with E-state index in [9.17, 15) is 0 Å². The van der Waals surface area contributed by atoms with Crippen molar-refractivity contribution in [1.29, 1.82) is 0 Å². The molecular formula is C27H24OSi3. The highest BCUT2D eigenvalue weighted by atomic mass is 29.6. The van der Waals surface area contributed by atoms with Crippen molar-refractivity contribution in [2.45, 2.75) is 31.7 Å². The maximum atomic E-state index is 6.87. The first-order valence-electron chi connectivity index (χ1n) is 10.9. The number of rotatable bonds is 1. The molecule has 1 fully saturated rings. The van der Waals surface area contributed by atoms with E-state index in [2.05, 4.69) is 98.9 Å². The summed E-state index contributed by atoms with van der Waals surface area (Å²) >= 11 is 0. The van der Waals surface area contributed by atoms with Crippen molar-refractivity contribution in [3.63, 3.8) is 0 Å². The molecule has 31 heavy (non-hydrogen) atoms. The molecule has 4 radical (unpaired) electrons. The molecule has 1 aliphatic rings. The van der Waals surface area contributed by atoms with E-state index in [1.54, 1.807) is 0 Å². The Morgan fingerprint density at radius 3 is 2.13 bits per heavy atom. The third-order valence-electron chi connectivity index (χ3n) is 6.63. The van der Waals surface area contributed by atoms with Crippen LogP contribution in [0.5, 0.6) is 0 Å². The molecule has 0 N–H and O–H groups in total. The predicted molar refractivity (Wildman–Crippen MR) is 139 cm³/mol.